The molecule has 2 aromatic heterocycles. The highest BCUT2D eigenvalue weighted by Gasteiger charge is 2.00. The standard InChI is InChI=1S/C12H18N6/c1-3-4-10-7-12(15-8-14-10)13-6-5-11-16-9-18(2)17-11/h7-9H,3-6H2,1-2H3,(H,13,14,15). The van der Waals surface area contributed by atoms with Gasteiger partial charge in [0.05, 0.1) is 0 Å². The summed E-state index contributed by atoms with van der Waals surface area (Å²) in [7, 11) is 1.87. The van der Waals surface area contributed by atoms with Gasteiger partial charge in [-0.15, -0.1) is 0 Å². The lowest BCUT2D eigenvalue weighted by molar-refractivity contribution is 0.741. The highest BCUT2D eigenvalue weighted by atomic mass is 15.3. The smallest absolute Gasteiger partial charge is 0.152 e. The van der Waals surface area contributed by atoms with Crippen LogP contribution in [0.4, 0.5) is 5.82 Å². The Balaban J connectivity index is 1.84. The second-order valence-electron chi connectivity index (χ2n) is 4.16. The van der Waals surface area contributed by atoms with Gasteiger partial charge < -0.3 is 5.32 Å². The minimum atomic E-state index is 0.770. The molecule has 0 bridgehead atoms. The van der Waals surface area contributed by atoms with Crippen molar-refractivity contribution in [3.8, 4) is 0 Å². The van der Waals surface area contributed by atoms with Gasteiger partial charge in [-0.1, -0.05) is 13.3 Å². The van der Waals surface area contributed by atoms with Crippen molar-refractivity contribution < 1.29 is 0 Å². The summed E-state index contributed by atoms with van der Waals surface area (Å²) in [6, 6.07) is 2.00. The Hall–Kier alpha value is -1.98. The summed E-state index contributed by atoms with van der Waals surface area (Å²) in [6.07, 6.45) is 6.17. The molecule has 18 heavy (non-hydrogen) atoms. The molecule has 2 heterocycles. The first kappa shape index (κ1) is 12.5. The number of aromatic nitrogens is 5. The van der Waals surface area contributed by atoms with Gasteiger partial charge in [0.15, 0.2) is 5.82 Å². The molecule has 0 aromatic carbocycles. The highest BCUT2D eigenvalue weighted by molar-refractivity contribution is 5.34. The molecule has 0 aliphatic rings. The van der Waals surface area contributed by atoms with E-state index in [1.807, 2.05) is 13.1 Å². The third-order valence-electron chi connectivity index (χ3n) is 2.53. The Morgan fingerprint density at radius 2 is 2.11 bits per heavy atom. The highest BCUT2D eigenvalue weighted by Crippen LogP contribution is 2.05. The molecule has 0 spiro atoms. The zero-order chi connectivity index (χ0) is 12.8. The van der Waals surface area contributed by atoms with E-state index in [2.05, 4.69) is 32.3 Å². The van der Waals surface area contributed by atoms with Crippen LogP contribution in [-0.4, -0.2) is 31.3 Å². The maximum Gasteiger partial charge on any atom is 0.152 e. The lowest BCUT2D eigenvalue weighted by atomic mass is 10.2. The first-order valence-electron chi connectivity index (χ1n) is 6.17. The van der Waals surface area contributed by atoms with Crippen molar-refractivity contribution in [3.63, 3.8) is 0 Å². The normalized spacial score (nSPS) is 10.6. The summed E-state index contributed by atoms with van der Waals surface area (Å²) in [6.45, 7) is 2.91. The molecule has 0 saturated carbocycles. The largest absolute Gasteiger partial charge is 0.370 e. The van der Waals surface area contributed by atoms with Crippen LogP contribution in [0.15, 0.2) is 18.7 Å². The summed E-state index contributed by atoms with van der Waals surface area (Å²) >= 11 is 0. The van der Waals surface area contributed by atoms with Crippen LogP contribution in [0.3, 0.4) is 0 Å². The average molecular weight is 246 g/mol. The summed E-state index contributed by atoms with van der Waals surface area (Å²) in [4.78, 5) is 12.6. The van der Waals surface area contributed by atoms with E-state index in [9.17, 15) is 0 Å². The van der Waals surface area contributed by atoms with Gasteiger partial charge in [-0.05, 0) is 6.42 Å². The molecule has 0 radical (unpaired) electrons. The molecule has 0 aliphatic carbocycles. The quantitative estimate of drug-likeness (QED) is 0.829. The fourth-order valence-corrected chi connectivity index (χ4v) is 1.69. The predicted molar refractivity (Wildman–Crippen MR) is 69.2 cm³/mol. The maximum absolute atomic E-state index is 4.22. The maximum atomic E-state index is 4.22. The third kappa shape index (κ3) is 3.51. The molecule has 0 saturated heterocycles. The Morgan fingerprint density at radius 1 is 1.22 bits per heavy atom. The van der Waals surface area contributed by atoms with E-state index in [-0.39, 0.29) is 0 Å². The van der Waals surface area contributed by atoms with Crippen molar-refractivity contribution in [3.05, 3.63) is 30.2 Å². The van der Waals surface area contributed by atoms with E-state index in [1.54, 1.807) is 17.3 Å². The first-order valence-corrected chi connectivity index (χ1v) is 6.17. The molecule has 0 aliphatic heterocycles. The molecule has 6 nitrogen and oxygen atoms in total. The van der Waals surface area contributed by atoms with Gasteiger partial charge in [0.2, 0.25) is 0 Å². The van der Waals surface area contributed by atoms with Gasteiger partial charge in [-0.25, -0.2) is 15.0 Å². The number of rotatable bonds is 6. The molecule has 2 rings (SSSR count). The molecule has 0 unspecified atom stereocenters. The van der Waals surface area contributed by atoms with Crippen molar-refractivity contribution in [1.82, 2.24) is 24.7 Å². The molecule has 6 heteroatoms. The Kier molecular flexibility index (Phi) is 4.22. The van der Waals surface area contributed by atoms with Gasteiger partial charge >= 0.3 is 0 Å². The van der Waals surface area contributed by atoms with E-state index in [1.165, 1.54) is 0 Å². The van der Waals surface area contributed by atoms with Crippen molar-refractivity contribution in [2.45, 2.75) is 26.2 Å². The summed E-state index contributed by atoms with van der Waals surface area (Å²) in [5, 5.41) is 7.48. The van der Waals surface area contributed by atoms with Crippen LogP contribution >= 0.6 is 0 Å². The van der Waals surface area contributed by atoms with Gasteiger partial charge in [-0.3, -0.25) is 4.68 Å². The monoisotopic (exact) mass is 246 g/mol. The fraction of sp³-hybridized carbons (Fsp3) is 0.500. The second kappa shape index (κ2) is 6.09. The third-order valence-corrected chi connectivity index (χ3v) is 2.53. The topological polar surface area (TPSA) is 68.5 Å². The lowest BCUT2D eigenvalue weighted by Crippen LogP contribution is -2.08. The minimum Gasteiger partial charge on any atom is -0.370 e. The average Bonchev–Trinajstić information content (AvgIpc) is 2.76. The van der Waals surface area contributed by atoms with E-state index in [0.29, 0.717) is 0 Å². The zero-order valence-electron chi connectivity index (χ0n) is 10.8. The fourth-order valence-electron chi connectivity index (χ4n) is 1.69. The van der Waals surface area contributed by atoms with Crippen LogP contribution in [0.5, 0.6) is 0 Å². The minimum absolute atomic E-state index is 0.770. The van der Waals surface area contributed by atoms with Crippen molar-refractivity contribution in [2.75, 3.05) is 11.9 Å². The predicted octanol–water partition coefficient (Wildman–Crippen LogP) is 1.21. The number of hydrogen-bond donors (Lipinski definition) is 1. The summed E-state index contributed by atoms with van der Waals surface area (Å²) in [5.74, 6) is 1.71. The van der Waals surface area contributed by atoms with Gasteiger partial charge in [0.1, 0.15) is 18.5 Å². The van der Waals surface area contributed by atoms with Gasteiger partial charge in [0, 0.05) is 31.8 Å². The van der Waals surface area contributed by atoms with Crippen molar-refractivity contribution >= 4 is 5.82 Å². The van der Waals surface area contributed by atoms with Crippen LogP contribution in [0.2, 0.25) is 0 Å². The molecule has 2 aromatic rings. The SMILES string of the molecule is CCCc1cc(NCCc2ncn(C)n2)ncn1. The Labute approximate surface area is 106 Å². The van der Waals surface area contributed by atoms with Crippen LogP contribution in [0, 0.1) is 0 Å². The Morgan fingerprint density at radius 3 is 2.83 bits per heavy atom. The molecular formula is C12H18N6. The molecule has 1 N–H and O–H groups in total. The summed E-state index contributed by atoms with van der Waals surface area (Å²) < 4.78 is 1.71. The van der Waals surface area contributed by atoms with Crippen molar-refractivity contribution in [2.24, 2.45) is 7.05 Å². The number of nitrogens with zero attached hydrogens (tertiary/aromatic N) is 5. The summed E-state index contributed by atoms with van der Waals surface area (Å²) in [5.41, 5.74) is 1.07. The molecular weight excluding hydrogens is 228 g/mol. The number of hydrogen-bond acceptors (Lipinski definition) is 5. The first-order chi connectivity index (χ1) is 8.78. The number of anilines is 1. The van der Waals surface area contributed by atoms with E-state index in [0.717, 1.165) is 43.1 Å². The second-order valence-corrected chi connectivity index (χ2v) is 4.16. The molecule has 0 amide bonds. The molecule has 0 atom stereocenters. The number of aryl methyl sites for hydroxylation is 2. The van der Waals surface area contributed by atoms with Gasteiger partial charge in [0.25, 0.3) is 0 Å². The van der Waals surface area contributed by atoms with Crippen LogP contribution < -0.4 is 5.32 Å². The number of nitrogens with one attached hydrogen (secondary N) is 1. The van der Waals surface area contributed by atoms with E-state index in [4.69, 9.17) is 0 Å². The van der Waals surface area contributed by atoms with Crippen LogP contribution in [-0.2, 0) is 19.9 Å². The Bertz CT molecular complexity index is 493. The van der Waals surface area contributed by atoms with E-state index < -0.39 is 0 Å². The van der Waals surface area contributed by atoms with Gasteiger partial charge in [-0.2, -0.15) is 5.10 Å². The molecule has 96 valence electrons. The van der Waals surface area contributed by atoms with E-state index >= 15 is 0 Å². The zero-order valence-corrected chi connectivity index (χ0v) is 10.8. The van der Waals surface area contributed by atoms with Crippen LogP contribution in [0.1, 0.15) is 24.9 Å². The molecule has 0 fully saturated rings. The van der Waals surface area contributed by atoms with Crippen LogP contribution in [0.25, 0.3) is 0 Å². The lowest BCUT2D eigenvalue weighted by Gasteiger charge is -2.05. The van der Waals surface area contributed by atoms with Crippen molar-refractivity contribution in [1.29, 1.82) is 0 Å².